The lowest BCUT2D eigenvalue weighted by Gasteiger charge is -2.10. The smallest absolute Gasteiger partial charge is 0.318 e. The van der Waals surface area contributed by atoms with Gasteiger partial charge in [-0.1, -0.05) is 24.3 Å². The quantitative estimate of drug-likeness (QED) is 0.561. The van der Waals surface area contributed by atoms with Crippen molar-refractivity contribution in [3.63, 3.8) is 0 Å². The second-order valence-electron chi connectivity index (χ2n) is 6.41. The van der Waals surface area contributed by atoms with Crippen molar-refractivity contribution in [3.8, 4) is 0 Å². The lowest BCUT2D eigenvalue weighted by atomic mass is 10.2. The van der Waals surface area contributed by atoms with Crippen molar-refractivity contribution in [2.24, 2.45) is 5.73 Å². The number of carbonyl (C=O) groups excluding carboxylic acids is 3. The van der Waals surface area contributed by atoms with Gasteiger partial charge in [-0.15, -0.1) is 0 Å². The van der Waals surface area contributed by atoms with Gasteiger partial charge in [-0.05, 0) is 29.8 Å². The fourth-order valence-electron chi connectivity index (χ4n) is 2.93. The number of urea groups is 1. The number of carbonyl (C=O) groups is 3. The van der Waals surface area contributed by atoms with Gasteiger partial charge in [-0.2, -0.15) is 0 Å². The van der Waals surface area contributed by atoms with E-state index in [0.717, 1.165) is 11.1 Å². The summed E-state index contributed by atoms with van der Waals surface area (Å²) < 4.78 is 14.7. The fraction of sp³-hybridized carbons (Fsp3) is 0.200. The molecule has 0 bridgehead atoms. The summed E-state index contributed by atoms with van der Waals surface area (Å²) in [6.45, 7) is 0.501. The monoisotopic (exact) mass is 397 g/mol. The van der Waals surface area contributed by atoms with Crippen LogP contribution in [0.1, 0.15) is 17.8 Å². The molecule has 0 saturated heterocycles. The van der Waals surface area contributed by atoms with Crippen LogP contribution >= 0.6 is 0 Å². The van der Waals surface area contributed by atoms with Crippen molar-refractivity contribution in [1.82, 2.24) is 20.2 Å². The van der Waals surface area contributed by atoms with Crippen LogP contribution in [0.2, 0.25) is 0 Å². The minimum Gasteiger partial charge on any atom is -0.352 e. The Morgan fingerprint density at radius 3 is 2.48 bits per heavy atom. The van der Waals surface area contributed by atoms with Crippen LogP contribution in [0, 0.1) is 5.82 Å². The topological polar surface area (TPSA) is 119 Å². The van der Waals surface area contributed by atoms with Gasteiger partial charge in [0.05, 0.1) is 17.5 Å². The van der Waals surface area contributed by atoms with Gasteiger partial charge in [0.15, 0.2) is 0 Å². The highest BCUT2D eigenvalue weighted by Gasteiger charge is 2.15. The Labute approximate surface area is 165 Å². The van der Waals surface area contributed by atoms with Crippen LogP contribution in [0.25, 0.3) is 11.0 Å². The van der Waals surface area contributed by atoms with E-state index in [4.69, 9.17) is 5.73 Å². The minimum absolute atomic E-state index is 0.00726. The van der Waals surface area contributed by atoms with Crippen molar-refractivity contribution in [3.05, 3.63) is 65.7 Å². The van der Waals surface area contributed by atoms with Gasteiger partial charge in [-0.25, -0.2) is 14.2 Å². The van der Waals surface area contributed by atoms with E-state index >= 15 is 0 Å². The van der Waals surface area contributed by atoms with Crippen LogP contribution in [0.5, 0.6) is 0 Å². The summed E-state index contributed by atoms with van der Waals surface area (Å²) in [6.07, 6.45) is 0.0147. The first kappa shape index (κ1) is 20.0. The molecule has 0 aliphatic carbocycles. The second kappa shape index (κ2) is 8.96. The van der Waals surface area contributed by atoms with Crippen molar-refractivity contribution in [2.75, 3.05) is 0 Å². The molecule has 1 aromatic heterocycles. The zero-order valence-electron chi connectivity index (χ0n) is 15.5. The molecule has 0 aliphatic heterocycles. The van der Waals surface area contributed by atoms with Crippen molar-refractivity contribution >= 4 is 28.9 Å². The zero-order chi connectivity index (χ0) is 20.8. The third-order valence-electron chi connectivity index (χ3n) is 4.28. The van der Waals surface area contributed by atoms with Gasteiger partial charge in [0.25, 0.3) is 0 Å². The summed E-state index contributed by atoms with van der Waals surface area (Å²) in [5.41, 5.74) is 7.21. The summed E-state index contributed by atoms with van der Waals surface area (Å²) in [4.78, 5) is 39.4. The first-order valence-corrected chi connectivity index (χ1v) is 8.97. The maximum Gasteiger partial charge on any atom is 0.318 e. The van der Waals surface area contributed by atoms with Crippen molar-refractivity contribution in [2.45, 2.75) is 25.9 Å². The summed E-state index contributed by atoms with van der Waals surface area (Å²) >= 11 is 0. The number of imide groups is 1. The summed E-state index contributed by atoms with van der Waals surface area (Å²) in [6, 6.07) is 12.3. The Balaban J connectivity index is 1.70. The molecule has 1 heterocycles. The number of hydrogen-bond acceptors (Lipinski definition) is 4. The number of nitrogens with two attached hydrogens (primary N) is 1. The molecule has 0 fully saturated rings. The van der Waals surface area contributed by atoms with E-state index < -0.39 is 11.9 Å². The third-order valence-corrected chi connectivity index (χ3v) is 4.28. The first-order chi connectivity index (χ1) is 13.9. The predicted molar refractivity (Wildman–Crippen MR) is 104 cm³/mol. The van der Waals surface area contributed by atoms with E-state index in [-0.39, 0.29) is 37.7 Å². The maximum atomic E-state index is 13.0. The number of para-hydroxylation sites is 2. The number of hydrogen-bond donors (Lipinski definition) is 3. The molecule has 9 heteroatoms. The molecule has 8 nitrogen and oxygen atoms in total. The molecule has 3 rings (SSSR count). The van der Waals surface area contributed by atoms with Gasteiger partial charge in [0.2, 0.25) is 11.8 Å². The van der Waals surface area contributed by atoms with Crippen LogP contribution < -0.4 is 16.4 Å². The number of primary amides is 1. The molecule has 0 saturated carbocycles. The molecule has 4 N–H and O–H groups in total. The van der Waals surface area contributed by atoms with E-state index in [2.05, 4.69) is 10.3 Å². The van der Waals surface area contributed by atoms with E-state index in [0.29, 0.717) is 11.3 Å². The molecule has 2 aromatic carbocycles. The molecule has 150 valence electrons. The number of halogens is 1. The highest BCUT2D eigenvalue weighted by Crippen LogP contribution is 2.17. The molecular formula is C20H20FN5O3. The average Bonchev–Trinajstić information content (AvgIpc) is 3.02. The molecule has 0 aliphatic rings. The van der Waals surface area contributed by atoms with Crippen molar-refractivity contribution < 1.29 is 18.8 Å². The molecule has 29 heavy (non-hydrogen) atoms. The number of rotatable bonds is 7. The molecule has 0 spiro atoms. The number of nitrogens with one attached hydrogen (secondary N) is 2. The van der Waals surface area contributed by atoms with Gasteiger partial charge < -0.3 is 15.6 Å². The Morgan fingerprint density at radius 2 is 1.76 bits per heavy atom. The van der Waals surface area contributed by atoms with Gasteiger partial charge in [-0.3, -0.25) is 14.9 Å². The van der Waals surface area contributed by atoms with E-state index in [1.54, 1.807) is 16.7 Å². The predicted octanol–water partition coefficient (Wildman–Crippen LogP) is 1.62. The first-order valence-electron chi connectivity index (χ1n) is 8.97. The molecule has 0 atom stereocenters. The van der Waals surface area contributed by atoms with Crippen LogP contribution in [-0.2, 0) is 29.1 Å². The van der Waals surface area contributed by atoms with Gasteiger partial charge in [0.1, 0.15) is 11.6 Å². The lowest BCUT2D eigenvalue weighted by molar-refractivity contribution is -0.121. The third kappa shape index (κ3) is 5.38. The lowest BCUT2D eigenvalue weighted by Crippen LogP contribution is -2.35. The van der Waals surface area contributed by atoms with E-state index in [9.17, 15) is 18.8 Å². The minimum atomic E-state index is -0.911. The SMILES string of the molecule is NC(=O)NC(=O)CCn1c(CC(=O)NCc2ccc(F)cc2)nc2ccccc21. The van der Waals surface area contributed by atoms with Crippen LogP contribution in [0.4, 0.5) is 9.18 Å². The number of fused-ring (bicyclic) bond motifs is 1. The standard InChI is InChI=1S/C20H20FN5O3/c21-14-7-5-13(6-8-14)12-23-19(28)11-17-24-15-3-1-2-4-16(15)26(17)10-9-18(27)25-20(22)29/h1-8H,9-12H2,(H,23,28)(H3,22,25,27,29). The number of aromatic nitrogens is 2. The number of amides is 4. The zero-order valence-corrected chi connectivity index (χ0v) is 15.5. The number of benzene rings is 2. The molecule has 0 unspecified atom stereocenters. The van der Waals surface area contributed by atoms with Crippen LogP contribution in [-0.4, -0.2) is 27.4 Å². The van der Waals surface area contributed by atoms with Crippen molar-refractivity contribution in [1.29, 1.82) is 0 Å². The highest BCUT2D eigenvalue weighted by molar-refractivity contribution is 5.93. The van der Waals surface area contributed by atoms with Gasteiger partial charge >= 0.3 is 6.03 Å². The molecule has 3 aromatic rings. The average molecular weight is 397 g/mol. The summed E-state index contributed by atoms with van der Waals surface area (Å²) in [5, 5.41) is 4.79. The number of nitrogens with zero attached hydrogens (tertiary/aromatic N) is 2. The van der Waals surface area contributed by atoms with Crippen LogP contribution in [0.3, 0.4) is 0 Å². The number of aryl methyl sites for hydroxylation is 1. The Kier molecular flexibility index (Phi) is 6.18. The Hall–Kier alpha value is -3.75. The molecular weight excluding hydrogens is 377 g/mol. The second-order valence-corrected chi connectivity index (χ2v) is 6.41. The van der Waals surface area contributed by atoms with E-state index in [1.807, 2.05) is 29.6 Å². The molecule has 0 radical (unpaired) electrons. The maximum absolute atomic E-state index is 13.0. The summed E-state index contributed by atoms with van der Waals surface area (Å²) in [5.74, 6) is -0.613. The Bertz CT molecular complexity index is 1050. The largest absolute Gasteiger partial charge is 0.352 e. The van der Waals surface area contributed by atoms with E-state index in [1.165, 1.54) is 12.1 Å². The Morgan fingerprint density at radius 1 is 1.03 bits per heavy atom. The van der Waals surface area contributed by atoms with Crippen LogP contribution in [0.15, 0.2) is 48.5 Å². The fourth-order valence-corrected chi connectivity index (χ4v) is 2.93. The summed E-state index contributed by atoms with van der Waals surface area (Å²) in [7, 11) is 0. The molecule has 4 amide bonds. The van der Waals surface area contributed by atoms with Gasteiger partial charge in [0, 0.05) is 19.5 Å². The number of imidazole rings is 1. The highest BCUT2D eigenvalue weighted by atomic mass is 19.1. The normalized spacial score (nSPS) is 10.7.